The van der Waals surface area contributed by atoms with E-state index in [2.05, 4.69) is 50.0 Å². The number of hydrogen-bond donors (Lipinski definition) is 4. The third-order valence-corrected chi connectivity index (χ3v) is 5.68. The van der Waals surface area contributed by atoms with Crippen molar-refractivity contribution in [2.75, 3.05) is 35.6 Å². The van der Waals surface area contributed by atoms with Crippen molar-refractivity contribution in [1.29, 1.82) is 0 Å². The van der Waals surface area contributed by atoms with Crippen LogP contribution in [-0.2, 0) is 4.79 Å². The molecule has 0 unspecified atom stereocenters. The Morgan fingerprint density at radius 1 is 1.08 bits per heavy atom. The number of halogens is 1. The van der Waals surface area contributed by atoms with Gasteiger partial charge >= 0.3 is 0 Å². The zero-order valence-corrected chi connectivity index (χ0v) is 20.8. The van der Waals surface area contributed by atoms with E-state index in [-0.39, 0.29) is 17.7 Å². The third kappa shape index (κ3) is 7.34. The maximum atomic E-state index is 14.3. The van der Waals surface area contributed by atoms with E-state index in [0.29, 0.717) is 23.5 Å². The Labute approximate surface area is 211 Å². The first-order valence-corrected chi connectivity index (χ1v) is 12.0. The average molecular weight is 490 g/mol. The Hall–Kier alpha value is -3.82. The normalized spacial score (nSPS) is 18.2. The smallest absolute Gasteiger partial charge is 0.248 e. The molecule has 4 N–H and O–H groups in total. The van der Waals surface area contributed by atoms with E-state index in [1.807, 2.05) is 43.3 Å². The summed E-state index contributed by atoms with van der Waals surface area (Å²) in [6.45, 7) is 8.93. The number of rotatable bonds is 8. The minimum absolute atomic E-state index is 0.0703. The lowest BCUT2D eigenvalue weighted by atomic mass is 10.1. The third-order valence-electron chi connectivity index (χ3n) is 5.68. The van der Waals surface area contributed by atoms with Crippen molar-refractivity contribution < 1.29 is 9.18 Å². The predicted molar refractivity (Wildman–Crippen MR) is 142 cm³/mol. The van der Waals surface area contributed by atoms with Crippen LogP contribution in [0.2, 0.25) is 0 Å². The Bertz CT molecular complexity index is 1220. The summed E-state index contributed by atoms with van der Waals surface area (Å²) < 4.78 is 14.3. The van der Waals surface area contributed by atoms with Crippen LogP contribution in [0.25, 0.3) is 0 Å². The highest BCUT2D eigenvalue weighted by molar-refractivity contribution is 5.99. The van der Waals surface area contributed by atoms with Crippen molar-refractivity contribution in [3.8, 4) is 0 Å². The second kappa shape index (κ2) is 11.7. The summed E-state index contributed by atoms with van der Waals surface area (Å²) in [7, 11) is 0. The van der Waals surface area contributed by atoms with Gasteiger partial charge in [-0.1, -0.05) is 24.3 Å². The highest BCUT2D eigenvalue weighted by atomic mass is 19.1. The van der Waals surface area contributed by atoms with Gasteiger partial charge in [-0.05, 0) is 56.7 Å². The van der Waals surface area contributed by atoms with Crippen LogP contribution in [0.1, 0.15) is 19.4 Å². The first-order valence-electron chi connectivity index (χ1n) is 12.0. The van der Waals surface area contributed by atoms with E-state index in [0.717, 1.165) is 37.1 Å². The van der Waals surface area contributed by atoms with Crippen molar-refractivity contribution in [2.24, 2.45) is 0 Å². The van der Waals surface area contributed by atoms with Crippen molar-refractivity contribution in [1.82, 2.24) is 20.2 Å². The summed E-state index contributed by atoms with van der Waals surface area (Å²) in [5.74, 6) is -0.457. The molecule has 8 nitrogen and oxygen atoms in total. The van der Waals surface area contributed by atoms with Gasteiger partial charge in [0.05, 0.1) is 6.20 Å². The van der Waals surface area contributed by atoms with Gasteiger partial charge in [0.25, 0.3) is 0 Å². The highest BCUT2D eigenvalue weighted by Crippen LogP contribution is 2.22. The number of anilines is 5. The molecule has 1 amide bonds. The van der Waals surface area contributed by atoms with Gasteiger partial charge in [-0.2, -0.15) is 4.98 Å². The van der Waals surface area contributed by atoms with E-state index < -0.39 is 5.82 Å². The van der Waals surface area contributed by atoms with E-state index in [1.165, 1.54) is 0 Å². The molecule has 1 fully saturated rings. The fourth-order valence-electron chi connectivity index (χ4n) is 4.26. The molecule has 2 aromatic carbocycles. The molecular formula is C27H32FN7O. The van der Waals surface area contributed by atoms with Crippen LogP contribution in [0.5, 0.6) is 0 Å². The molecule has 188 valence electrons. The second-order valence-corrected chi connectivity index (χ2v) is 9.17. The standard InChI is InChI=1S/C27H32FN7O/c1-18-7-4-8-21(13-18)32-26-24(28)15-29-27(34-26)33-23-10-5-9-22(14-23)31-25(36)11-6-12-35-16-19(2)30-20(3)17-35/h4-11,13-15,19-20,30H,12,16-17H2,1-3H3,(H,31,36)(H2,29,32,33,34)/b11-6+/t19-,20+. The van der Waals surface area contributed by atoms with Gasteiger partial charge in [-0.25, -0.2) is 9.37 Å². The lowest BCUT2D eigenvalue weighted by molar-refractivity contribution is -0.111. The minimum Gasteiger partial charge on any atom is -0.338 e. The first-order chi connectivity index (χ1) is 17.3. The topological polar surface area (TPSA) is 94.2 Å². The number of amides is 1. The summed E-state index contributed by atoms with van der Waals surface area (Å²) >= 11 is 0. The number of benzene rings is 2. The van der Waals surface area contributed by atoms with Gasteiger partial charge in [0.15, 0.2) is 11.6 Å². The van der Waals surface area contributed by atoms with Crippen LogP contribution < -0.4 is 21.3 Å². The van der Waals surface area contributed by atoms with Crippen LogP contribution in [-0.4, -0.2) is 52.5 Å². The Kier molecular flexibility index (Phi) is 8.24. The van der Waals surface area contributed by atoms with Crippen molar-refractivity contribution >= 4 is 34.7 Å². The number of carbonyl (C=O) groups is 1. The van der Waals surface area contributed by atoms with Crippen LogP contribution in [0.4, 0.5) is 33.2 Å². The van der Waals surface area contributed by atoms with Crippen LogP contribution >= 0.6 is 0 Å². The number of aryl methyl sites for hydroxylation is 1. The van der Waals surface area contributed by atoms with Gasteiger partial charge in [0.2, 0.25) is 11.9 Å². The van der Waals surface area contributed by atoms with E-state index in [4.69, 9.17) is 0 Å². The molecule has 9 heteroatoms. The number of nitrogens with one attached hydrogen (secondary N) is 4. The van der Waals surface area contributed by atoms with Gasteiger partial charge in [-0.3, -0.25) is 9.69 Å². The predicted octanol–water partition coefficient (Wildman–Crippen LogP) is 4.59. The molecule has 0 radical (unpaired) electrons. The fourth-order valence-corrected chi connectivity index (χ4v) is 4.26. The van der Waals surface area contributed by atoms with Crippen molar-refractivity contribution in [3.05, 3.63) is 78.3 Å². The largest absolute Gasteiger partial charge is 0.338 e. The summed E-state index contributed by atoms with van der Waals surface area (Å²) in [6, 6.07) is 15.7. The molecular weight excluding hydrogens is 457 g/mol. The quantitative estimate of drug-likeness (QED) is 0.344. The lowest BCUT2D eigenvalue weighted by Gasteiger charge is -2.35. The molecule has 2 heterocycles. The molecule has 0 aliphatic carbocycles. The van der Waals surface area contributed by atoms with Gasteiger partial charge in [-0.15, -0.1) is 0 Å². The molecule has 4 rings (SSSR count). The van der Waals surface area contributed by atoms with Crippen LogP contribution in [0.3, 0.4) is 0 Å². The molecule has 1 saturated heterocycles. The molecule has 0 spiro atoms. The summed E-state index contributed by atoms with van der Waals surface area (Å²) in [5.41, 5.74) is 3.07. The van der Waals surface area contributed by atoms with Gasteiger partial charge in [0.1, 0.15) is 0 Å². The van der Waals surface area contributed by atoms with Crippen molar-refractivity contribution in [3.63, 3.8) is 0 Å². The monoisotopic (exact) mass is 489 g/mol. The van der Waals surface area contributed by atoms with E-state index in [9.17, 15) is 9.18 Å². The van der Waals surface area contributed by atoms with Crippen LogP contribution in [0.15, 0.2) is 66.9 Å². The zero-order valence-electron chi connectivity index (χ0n) is 20.8. The number of aromatic nitrogens is 2. The second-order valence-electron chi connectivity index (χ2n) is 9.17. The number of hydrogen-bond acceptors (Lipinski definition) is 7. The SMILES string of the molecule is Cc1cccc(Nc2nc(Nc3cccc(NC(=O)/C=C/CN4C[C@@H](C)N[C@@H](C)C4)c3)ncc2F)c1. The maximum absolute atomic E-state index is 14.3. The molecule has 2 atom stereocenters. The summed E-state index contributed by atoms with van der Waals surface area (Å²) in [6.07, 6.45) is 4.56. The fraction of sp³-hybridized carbons (Fsp3) is 0.296. The first kappa shape index (κ1) is 25.3. The maximum Gasteiger partial charge on any atom is 0.248 e. The molecule has 1 aliphatic rings. The molecule has 0 saturated carbocycles. The average Bonchev–Trinajstić information content (AvgIpc) is 2.81. The van der Waals surface area contributed by atoms with E-state index >= 15 is 0 Å². The molecule has 36 heavy (non-hydrogen) atoms. The van der Waals surface area contributed by atoms with Crippen LogP contribution in [0, 0.1) is 12.7 Å². The van der Waals surface area contributed by atoms with E-state index in [1.54, 1.807) is 24.3 Å². The van der Waals surface area contributed by atoms with Gasteiger partial charge in [0, 0.05) is 54.9 Å². The number of carbonyl (C=O) groups excluding carboxylic acids is 1. The van der Waals surface area contributed by atoms with Gasteiger partial charge < -0.3 is 21.3 Å². The van der Waals surface area contributed by atoms with Crippen molar-refractivity contribution in [2.45, 2.75) is 32.9 Å². The highest BCUT2D eigenvalue weighted by Gasteiger charge is 2.19. The number of nitrogens with zero attached hydrogens (tertiary/aromatic N) is 3. The molecule has 3 aromatic rings. The Morgan fingerprint density at radius 3 is 2.53 bits per heavy atom. The summed E-state index contributed by atoms with van der Waals surface area (Å²) in [5, 5.41) is 12.4. The molecule has 1 aliphatic heterocycles. The number of piperazine rings is 1. The Balaban J connectivity index is 1.35. The zero-order chi connectivity index (χ0) is 25.5. The Morgan fingerprint density at radius 2 is 1.78 bits per heavy atom. The minimum atomic E-state index is -0.556. The molecule has 0 bridgehead atoms. The molecule has 1 aromatic heterocycles. The lowest BCUT2D eigenvalue weighted by Crippen LogP contribution is -2.54. The summed E-state index contributed by atoms with van der Waals surface area (Å²) in [4.78, 5) is 23.0.